The van der Waals surface area contributed by atoms with E-state index in [1.54, 1.807) is 13.8 Å². The van der Waals surface area contributed by atoms with E-state index in [0.717, 1.165) is 0 Å². The van der Waals surface area contributed by atoms with E-state index in [1.165, 1.54) is 6.92 Å². The number of hydrogen-bond acceptors (Lipinski definition) is 2. The highest BCUT2D eigenvalue weighted by Crippen LogP contribution is 2.22. The van der Waals surface area contributed by atoms with Crippen LogP contribution in [0.2, 0.25) is 0 Å². The molecule has 2 unspecified atom stereocenters. The first-order valence-corrected chi connectivity index (χ1v) is 4.75. The second-order valence-corrected chi connectivity index (χ2v) is 3.84. The number of carbonyl (C=O) groups is 1. The fourth-order valence-electron chi connectivity index (χ4n) is 1.20. The van der Waals surface area contributed by atoms with E-state index >= 15 is 0 Å². The maximum Gasteiger partial charge on any atom is 0.401 e. The molecule has 1 amide bonds. The van der Waals surface area contributed by atoms with Crippen LogP contribution in [-0.4, -0.2) is 24.2 Å². The van der Waals surface area contributed by atoms with Gasteiger partial charge in [-0.1, -0.05) is 20.3 Å². The first-order chi connectivity index (χ1) is 6.63. The first kappa shape index (κ1) is 14.2. The highest BCUT2D eigenvalue weighted by Gasteiger charge is 2.39. The molecule has 0 fully saturated rings. The van der Waals surface area contributed by atoms with Gasteiger partial charge in [-0.2, -0.15) is 13.2 Å². The van der Waals surface area contributed by atoms with E-state index in [1.807, 2.05) is 0 Å². The zero-order valence-corrected chi connectivity index (χ0v) is 9.11. The van der Waals surface area contributed by atoms with E-state index in [9.17, 15) is 18.0 Å². The number of alkyl halides is 3. The van der Waals surface area contributed by atoms with E-state index in [0.29, 0.717) is 6.42 Å². The van der Waals surface area contributed by atoms with Gasteiger partial charge in [0.1, 0.15) is 0 Å². The Balaban J connectivity index is 4.61. The third kappa shape index (κ3) is 4.07. The molecule has 0 bridgehead atoms. The fourth-order valence-corrected chi connectivity index (χ4v) is 1.20. The quantitative estimate of drug-likeness (QED) is 0.745. The Kier molecular flexibility index (Phi) is 4.58. The second-order valence-electron chi connectivity index (χ2n) is 3.84. The molecule has 0 aromatic carbocycles. The highest BCUT2D eigenvalue weighted by atomic mass is 19.4. The smallest absolute Gasteiger partial charge is 0.368 e. The van der Waals surface area contributed by atoms with Crippen molar-refractivity contribution in [3.8, 4) is 0 Å². The maximum atomic E-state index is 12.0. The van der Waals surface area contributed by atoms with Gasteiger partial charge in [0.25, 0.3) is 0 Å². The highest BCUT2D eigenvalue weighted by molar-refractivity contribution is 5.84. The number of amides is 1. The van der Waals surface area contributed by atoms with Crippen molar-refractivity contribution in [1.29, 1.82) is 0 Å². The number of rotatable bonds is 5. The summed E-state index contributed by atoms with van der Waals surface area (Å²) < 4.78 is 36.0. The van der Waals surface area contributed by atoms with E-state index in [4.69, 9.17) is 5.73 Å². The molecule has 6 heteroatoms. The molecule has 2 atom stereocenters. The van der Waals surface area contributed by atoms with Gasteiger partial charge in [0, 0.05) is 0 Å². The van der Waals surface area contributed by atoms with Crippen molar-refractivity contribution in [3.63, 3.8) is 0 Å². The molecular formula is C9H17F3N2O. The normalized spacial score (nSPS) is 18.3. The fraction of sp³-hybridized carbons (Fsp3) is 0.889. The minimum Gasteiger partial charge on any atom is -0.368 e. The van der Waals surface area contributed by atoms with Crippen LogP contribution in [0.15, 0.2) is 0 Å². The lowest BCUT2D eigenvalue weighted by molar-refractivity contribution is -0.137. The summed E-state index contributed by atoms with van der Waals surface area (Å²) in [4.78, 5) is 11.1. The summed E-state index contributed by atoms with van der Waals surface area (Å²) in [6.45, 7) is 3.67. The molecule has 0 aliphatic rings. The summed E-state index contributed by atoms with van der Waals surface area (Å²) in [7, 11) is 0. The molecule has 0 saturated carbocycles. The van der Waals surface area contributed by atoms with Crippen LogP contribution < -0.4 is 11.1 Å². The Morgan fingerprint density at radius 2 is 1.93 bits per heavy atom. The zero-order valence-electron chi connectivity index (χ0n) is 9.11. The Labute approximate surface area is 87.2 Å². The van der Waals surface area contributed by atoms with Gasteiger partial charge in [-0.25, -0.2) is 0 Å². The largest absolute Gasteiger partial charge is 0.401 e. The van der Waals surface area contributed by atoms with Crippen molar-refractivity contribution in [2.45, 2.75) is 38.9 Å². The molecule has 0 radical (unpaired) electrons. The van der Waals surface area contributed by atoms with Crippen molar-refractivity contribution in [3.05, 3.63) is 0 Å². The zero-order chi connectivity index (χ0) is 12.3. The van der Waals surface area contributed by atoms with Gasteiger partial charge in [-0.05, 0) is 12.8 Å². The average molecular weight is 226 g/mol. The number of hydrogen-bond donors (Lipinski definition) is 2. The summed E-state index contributed by atoms with van der Waals surface area (Å²) in [5, 5.41) is 2.19. The molecule has 0 heterocycles. The number of carbonyl (C=O) groups excluding carboxylic acids is 1. The number of primary amides is 1. The minimum absolute atomic E-state index is 0.252. The maximum absolute atomic E-state index is 12.0. The number of nitrogens with two attached hydrogens (primary N) is 1. The molecule has 0 saturated heterocycles. The Bertz CT molecular complexity index is 230. The lowest BCUT2D eigenvalue weighted by atomic mass is 9.84. The molecule has 15 heavy (non-hydrogen) atoms. The van der Waals surface area contributed by atoms with Gasteiger partial charge in [-0.3, -0.25) is 10.1 Å². The molecule has 0 aromatic rings. The topological polar surface area (TPSA) is 55.1 Å². The predicted molar refractivity (Wildman–Crippen MR) is 51.1 cm³/mol. The van der Waals surface area contributed by atoms with Crippen LogP contribution in [0.1, 0.15) is 27.2 Å². The Hall–Kier alpha value is -0.780. The van der Waals surface area contributed by atoms with Crippen molar-refractivity contribution in [2.24, 2.45) is 11.7 Å². The van der Waals surface area contributed by atoms with Gasteiger partial charge in [0.15, 0.2) is 0 Å². The van der Waals surface area contributed by atoms with Gasteiger partial charge in [-0.15, -0.1) is 0 Å². The molecular weight excluding hydrogens is 209 g/mol. The van der Waals surface area contributed by atoms with Gasteiger partial charge in [0.05, 0.1) is 12.1 Å². The molecule has 3 nitrogen and oxygen atoms in total. The second kappa shape index (κ2) is 4.83. The summed E-state index contributed by atoms with van der Waals surface area (Å²) in [5.74, 6) is -1.02. The van der Waals surface area contributed by atoms with Crippen LogP contribution in [0.3, 0.4) is 0 Å². The molecule has 0 aliphatic carbocycles. The van der Waals surface area contributed by atoms with Crippen LogP contribution in [-0.2, 0) is 4.79 Å². The van der Waals surface area contributed by atoms with Crippen molar-refractivity contribution >= 4 is 5.91 Å². The molecule has 0 rings (SSSR count). The molecule has 3 N–H and O–H groups in total. The Morgan fingerprint density at radius 3 is 2.20 bits per heavy atom. The summed E-state index contributed by atoms with van der Waals surface area (Å²) in [6.07, 6.45) is -3.77. The van der Waals surface area contributed by atoms with E-state index in [2.05, 4.69) is 5.32 Å². The van der Waals surface area contributed by atoms with Crippen LogP contribution >= 0.6 is 0 Å². The van der Waals surface area contributed by atoms with Gasteiger partial charge in [0.2, 0.25) is 5.91 Å². The van der Waals surface area contributed by atoms with Crippen LogP contribution in [0.5, 0.6) is 0 Å². The van der Waals surface area contributed by atoms with Gasteiger partial charge >= 0.3 is 6.18 Å². The van der Waals surface area contributed by atoms with Crippen molar-refractivity contribution in [2.75, 3.05) is 6.54 Å². The summed E-state index contributed by atoms with van der Waals surface area (Å²) in [5.41, 5.74) is 3.79. The van der Waals surface area contributed by atoms with E-state index < -0.39 is 24.2 Å². The predicted octanol–water partition coefficient (Wildman–Crippen LogP) is 1.43. The molecule has 0 spiro atoms. The van der Waals surface area contributed by atoms with Crippen LogP contribution in [0, 0.1) is 5.92 Å². The molecule has 90 valence electrons. The lowest BCUT2D eigenvalue weighted by Gasteiger charge is -2.33. The molecule has 0 aliphatic heterocycles. The molecule has 0 aromatic heterocycles. The third-order valence-electron chi connectivity index (χ3n) is 2.77. The van der Waals surface area contributed by atoms with Crippen LogP contribution in [0.25, 0.3) is 0 Å². The monoisotopic (exact) mass is 226 g/mol. The average Bonchev–Trinajstić information content (AvgIpc) is 2.11. The number of nitrogens with one attached hydrogen (secondary N) is 1. The van der Waals surface area contributed by atoms with Gasteiger partial charge < -0.3 is 5.73 Å². The van der Waals surface area contributed by atoms with Crippen LogP contribution in [0.4, 0.5) is 13.2 Å². The Morgan fingerprint density at radius 1 is 1.47 bits per heavy atom. The minimum atomic E-state index is -4.34. The summed E-state index contributed by atoms with van der Waals surface area (Å²) in [6, 6.07) is 0. The van der Waals surface area contributed by atoms with Crippen molar-refractivity contribution < 1.29 is 18.0 Å². The number of halogens is 3. The van der Waals surface area contributed by atoms with E-state index in [-0.39, 0.29) is 5.92 Å². The standard InChI is InChI=1S/C9H17F3N2O/c1-4-6(2)8(3,7(13)15)14-5-9(10,11)12/h6,14H,4-5H2,1-3H3,(H2,13,15). The first-order valence-electron chi connectivity index (χ1n) is 4.75. The lowest BCUT2D eigenvalue weighted by Crippen LogP contribution is -2.59. The summed E-state index contributed by atoms with van der Waals surface area (Å²) >= 11 is 0. The third-order valence-corrected chi connectivity index (χ3v) is 2.77. The SMILES string of the molecule is CCC(C)C(C)(NCC(F)(F)F)C(N)=O. The van der Waals surface area contributed by atoms with Crippen molar-refractivity contribution in [1.82, 2.24) is 5.32 Å².